The SMILES string of the molecule is C=C1C2=C(C(=O)C(C)(O)C13CC3)C(O)C(C)(C)C2O. The molecule has 1 spiro atoms. The highest BCUT2D eigenvalue weighted by molar-refractivity contribution is 6.07. The van der Waals surface area contributed by atoms with Crippen LogP contribution in [0.4, 0.5) is 0 Å². The smallest absolute Gasteiger partial charge is 0.193 e. The van der Waals surface area contributed by atoms with E-state index in [-0.39, 0.29) is 5.57 Å². The van der Waals surface area contributed by atoms with Crippen molar-refractivity contribution in [2.75, 3.05) is 0 Å². The molecule has 3 N–H and O–H groups in total. The van der Waals surface area contributed by atoms with Gasteiger partial charge in [0.25, 0.3) is 0 Å². The highest BCUT2D eigenvalue weighted by Gasteiger charge is 2.69. The zero-order valence-electron chi connectivity index (χ0n) is 11.5. The normalized spacial score (nSPS) is 42.8. The Labute approximate surface area is 112 Å². The van der Waals surface area contributed by atoms with Crippen molar-refractivity contribution < 1.29 is 20.1 Å². The summed E-state index contributed by atoms with van der Waals surface area (Å²) in [5.41, 5.74) is -1.74. The molecule has 4 heteroatoms. The van der Waals surface area contributed by atoms with Gasteiger partial charge in [-0.15, -0.1) is 0 Å². The number of hydrogen-bond acceptors (Lipinski definition) is 4. The molecule has 0 radical (unpaired) electrons. The van der Waals surface area contributed by atoms with Gasteiger partial charge in [-0.1, -0.05) is 20.4 Å². The van der Waals surface area contributed by atoms with Gasteiger partial charge < -0.3 is 15.3 Å². The van der Waals surface area contributed by atoms with Gasteiger partial charge in [-0.25, -0.2) is 0 Å². The average Bonchev–Trinajstić information content (AvgIpc) is 3.09. The highest BCUT2D eigenvalue weighted by Crippen LogP contribution is 2.66. The standard InChI is InChI=1S/C15H20O4/c1-7-8-9(11(17)13(2,3)10(8)16)12(18)14(4,19)15(7)5-6-15/h10-11,16-17,19H,1,5-6H2,2-4H3. The van der Waals surface area contributed by atoms with Crippen LogP contribution >= 0.6 is 0 Å². The van der Waals surface area contributed by atoms with Gasteiger partial charge in [-0.05, 0) is 30.9 Å². The van der Waals surface area contributed by atoms with Crippen LogP contribution in [0.2, 0.25) is 0 Å². The summed E-state index contributed by atoms with van der Waals surface area (Å²) in [5, 5.41) is 31.4. The van der Waals surface area contributed by atoms with E-state index in [1.54, 1.807) is 13.8 Å². The van der Waals surface area contributed by atoms with Crippen LogP contribution in [-0.2, 0) is 4.79 Å². The molecule has 0 bridgehead atoms. The van der Waals surface area contributed by atoms with Crippen LogP contribution in [0.1, 0.15) is 33.6 Å². The molecule has 0 aromatic heterocycles. The Kier molecular flexibility index (Phi) is 2.19. The Morgan fingerprint density at radius 1 is 1.11 bits per heavy atom. The summed E-state index contributed by atoms with van der Waals surface area (Å²) in [5.74, 6) is -0.454. The number of ketones is 1. The first-order valence-corrected chi connectivity index (χ1v) is 6.66. The van der Waals surface area contributed by atoms with E-state index >= 15 is 0 Å². The summed E-state index contributed by atoms with van der Waals surface area (Å²) >= 11 is 0. The van der Waals surface area contributed by atoms with Crippen molar-refractivity contribution in [2.24, 2.45) is 10.8 Å². The quantitative estimate of drug-likeness (QED) is 0.602. The van der Waals surface area contributed by atoms with E-state index < -0.39 is 34.4 Å². The summed E-state index contributed by atoms with van der Waals surface area (Å²) in [6.07, 6.45) is -0.582. The molecule has 0 aromatic carbocycles. The Balaban J connectivity index is 2.23. The van der Waals surface area contributed by atoms with E-state index in [1.165, 1.54) is 6.92 Å². The minimum Gasteiger partial charge on any atom is -0.388 e. The largest absolute Gasteiger partial charge is 0.388 e. The molecule has 0 aromatic rings. The third-order valence-electron chi connectivity index (χ3n) is 5.52. The second-order valence-electron chi connectivity index (χ2n) is 6.92. The first-order valence-electron chi connectivity index (χ1n) is 6.66. The third kappa shape index (κ3) is 1.18. The molecular formula is C15H20O4. The zero-order valence-corrected chi connectivity index (χ0v) is 11.5. The van der Waals surface area contributed by atoms with Crippen LogP contribution < -0.4 is 0 Å². The van der Waals surface area contributed by atoms with Crippen molar-refractivity contribution >= 4 is 5.78 Å². The van der Waals surface area contributed by atoms with E-state index in [2.05, 4.69) is 6.58 Å². The van der Waals surface area contributed by atoms with Crippen LogP contribution in [-0.4, -0.2) is 38.9 Å². The average molecular weight is 264 g/mol. The minimum atomic E-state index is -1.52. The lowest BCUT2D eigenvalue weighted by Crippen LogP contribution is -2.50. The van der Waals surface area contributed by atoms with E-state index in [9.17, 15) is 20.1 Å². The monoisotopic (exact) mass is 264 g/mol. The fourth-order valence-corrected chi connectivity index (χ4v) is 3.71. The molecule has 3 aliphatic carbocycles. The van der Waals surface area contributed by atoms with Gasteiger partial charge in [0.2, 0.25) is 0 Å². The van der Waals surface area contributed by atoms with Crippen molar-refractivity contribution in [1.29, 1.82) is 0 Å². The fourth-order valence-electron chi connectivity index (χ4n) is 3.71. The molecule has 104 valence electrons. The van der Waals surface area contributed by atoms with Crippen LogP contribution in [0.25, 0.3) is 0 Å². The summed E-state index contributed by atoms with van der Waals surface area (Å²) in [7, 11) is 0. The van der Waals surface area contributed by atoms with Gasteiger partial charge in [0.05, 0.1) is 12.2 Å². The molecule has 1 saturated carbocycles. The Hall–Kier alpha value is -0.970. The lowest BCUT2D eigenvalue weighted by Gasteiger charge is -2.39. The summed E-state index contributed by atoms with van der Waals surface area (Å²) in [4.78, 5) is 12.6. The van der Waals surface area contributed by atoms with E-state index in [0.29, 0.717) is 24.0 Å². The number of Topliss-reactive ketones (excluding diaryl/α,β-unsaturated/α-hetero) is 1. The maximum absolute atomic E-state index is 12.6. The Morgan fingerprint density at radius 2 is 1.58 bits per heavy atom. The number of aliphatic hydroxyl groups excluding tert-OH is 2. The maximum Gasteiger partial charge on any atom is 0.193 e. The fraction of sp³-hybridized carbons (Fsp3) is 0.667. The van der Waals surface area contributed by atoms with Gasteiger partial charge in [-0.3, -0.25) is 4.79 Å². The minimum absolute atomic E-state index is 0.157. The van der Waals surface area contributed by atoms with Gasteiger partial charge in [0, 0.05) is 16.4 Å². The Bertz CT molecular complexity index is 500. The van der Waals surface area contributed by atoms with Crippen molar-refractivity contribution in [3.05, 3.63) is 23.3 Å². The van der Waals surface area contributed by atoms with Crippen LogP contribution in [0.15, 0.2) is 23.3 Å². The van der Waals surface area contributed by atoms with Crippen molar-refractivity contribution in [3.63, 3.8) is 0 Å². The molecule has 3 aliphatic rings. The molecule has 1 fully saturated rings. The number of hydrogen-bond donors (Lipinski definition) is 3. The topological polar surface area (TPSA) is 77.8 Å². The summed E-state index contributed by atoms with van der Waals surface area (Å²) in [6, 6.07) is 0. The first-order chi connectivity index (χ1) is 8.59. The van der Waals surface area contributed by atoms with Gasteiger partial charge in [0.1, 0.15) is 5.60 Å². The van der Waals surface area contributed by atoms with Crippen LogP contribution in [0.3, 0.4) is 0 Å². The molecule has 0 heterocycles. The van der Waals surface area contributed by atoms with Gasteiger partial charge in [0.15, 0.2) is 5.78 Å². The molecule has 3 rings (SSSR count). The van der Waals surface area contributed by atoms with E-state index in [0.717, 1.165) is 0 Å². The molecule has 0 aliphatic heterocycles. The van der Waals surface area contributed by atoms with Crippen molar-refractivity contribution in [1.82, 2.24) is 0 Å². The van der Waals surface area contributed by atoms with Crippen molar-refractivity contribution in [2.45, 2.75) is 51.4 Å². The number of aliphatic hydroxyl groups is 3. The number of rotatable bonds is 0. The molecule has 0 amide bonds. The number of carbonyl (C=O) groups is 1. The second kappa shape index (κ2) is 3.19. The van der Waals surface area contributed by atoms with E-state index in [4.69, 9.17) is 0 Å². The summed E-state index contributed by atoms with van der Waals surface area (Å²) in [6.45, 7) is 8.95. The predicted octanol–water partition coefficient (Wildman–Crippen LogP) is 0.715. The zero-order chi connectivity index (χ0) is 14.4. The third-order valence-corrected chi connectivity index (χ3v) is 5.52. The molecular weight excluding hydrogens is 244 g/mol. The van der Waals surface area contributed by atoms with E-state index in [1.807, 2.05) is 0 Å². The Morgan fingerprint density at radius 3 is 2.05 bits per heavy atom. The molecule has 3 atom stereocenters. The molecule has 4 nitrogen and oxygen atoms in total. The van der Waals surface area contributed by atoms with Gasteiger partial charge in [-0.2, -0.15) is 0 Å². The first kappa shape index (κ1) is 13.0. The summed E-state index contributed by atoms with van der Waals surface area (Å²) < 4.78 is 0. The maximum atomic E-state index is 12.6. The molecule has 3 unspecified atom stereocenters. The second-order valence-corrected chi connectivity index (χ2v) is 6.92. The highest BCUT2D eigenvalue weighted by atomic mass is 16.3. The van der Waals surface area contributed by atoms with Crippen LogP contribution in [0, 0.1) is 10.8 Å². The molecule has 0 saturated heterocycles. The van der Waals surface area contributed by atoms with Crippen molar-refractivity contribution in [3.8, 4) is 0 Å². The lowest BCUT2D eigenvalue weighted by atomic mass is 9.67. The van der Waals surface area contributed by atoms with Gasteiger partial charge >= 0.3 is 0 Å². The number of carbonyl (C=O) groups excluding carboxylic acids is 1. The molecule has 19 heavy (non-hydrogen) atoms. The predicted molar refractivity (Wildman–Crippen MR) is 69.3 cm³/mol. The van der Waals surface area contributed by atoms with Crippen LogP contribution in [0.5, 0.6) is 0 Å². The lowest BCUT2D eigenvalue weighted by molar-refractivity contribution is -0.139.